The number of hydrogen-bond donors (Lipinski definition) is 1. The Morgan fingerprint density at radius 3 is 2.21 bits per heavy atom. The molecule has 3 rings (SSSR count). The van der Waals surface area contributed by atoms with Crippen LogP contribution in [0.25, 0.3) is 5.76 Å². The van der Waals surface area contributed by atoms with Gasteiger partial charge in [0.05, 0.1) is 11.9 Å². The van der Waals surface area contributed by atoms with Crippen LogP contribution < -0.4 is 10.4 Å². The van der Waals surface area contributed by atoms with Crippen molar-refractivity contribution in [3.63, 3.8) is 0 Å². The molecular formula is C15H12N2O2. The second-order valence-electron chi connectivity index (χ2n) is 4.07. The molecule has 19 heavy (non-hydrogen) atoms. The third kappa shape index (κ3) is 2.42. The maximum absolute atomic E-state index is 11.6. The minimum Gasteiger partial charge on any atom is -0.407 e. The summed E-state index contributed by atoms with van der Waals surface area (Å²) in [5.74, 6) is 0.521. The van der Waals surface area contributed by atoms with Crippen LogP contribution in [0.5, 0.6) is 0 Å². The van der Waals surface area contributed by atoms with Gasteiger partial charge in [0.1, 0.15) is 0 Å². The van der Waals surface area contributed by atoms with Crippen molar-refractivity contribution in [2.75, 3.05) is 5.01 Å². The molecule has 2 aromatic rings. The first kappa shape index (κ1) is 11.3. The van der Waals surface area contributed by atoms with Crippen LogP contribution >= 0.6 is 0 Å². The van der Waals surface area contributed by atoms with Crippen LogP contribution in [0.15, 0.2) is 66.9 Å². The Kier molecular flexibility index (Phi) is 2.90. The van der Waals surface area contributed by atoms with E-state index in [2.05, 4.69) is 5.43 Å². The maximum Gasteiger partial charge on any atom is 0.431 e. The maximum atomic E-state index is 11.6. The van der Waals surface area contributed by atoms with Crippen molar-refractivity contribution in [3.05, 3.63) is 72.4 Å². The fraction of sp³-hybridized carbons (Fsp3) is 0. The summed E-state index contributed by atoms with van der Waals surface area (Å²) in [5.41, 5.74) is 4.36. The van der Waals surface area contributed by atoms with Gasteiger partial charge in [0.2, 0.25) is 0 Å². The molecule has 0 saturated heterocycles. The predicted octanol–water partition coefficient (Wildman–Crippen LogP) is 3.15. The van der Waals surface area contributed by atoms with Gasteiger partial charge in [-0.2, -0.15) is 0 Å². The number of ether oxygens (including phenoxy) is 1. The van der Waals surface area contributed by atoms with Crippen LogP contribution in [-0.4, -0.2) is 6.09 Å². The van der Waals surface area contributed by atoms with Crippen molar-refractivity contribution >= 4 is 17.5 Å². The minimum absolute atomic E-state index is 0.495. The van der Waals surface area contributed by atoms with Gasteiger partial charge in [0.25, 0.3) is 0 Å². The smallest absolute Gasteiger partial charge is 0.407 e. The Morgan fingerprint density at radius 2 is 1.53 bits per heavy atom. The molecule has 0 bridgehead atoms. The average molecular weight is 252 g/mol. The normalized spacial score (nSPS) is 14.4. The van der Waals surface area contributed by atoms with Crippen molar-refractivity contribution in [1.82, 2.24) is 5.43 Å². The van der Waals surface area contributed by atoms with Crippen LogP contribution in [-0.2, 0) is 4.74 Å². The molecule has 0 atom stereocenters. The highest BCUT2D eigenvalue weighted by Crippen LogP contribution is 2.22. The number of para-hydroxylation sites is 1. The number of nitrogens with zero attached hydrogens (tertiary/aromatic N) is 1. The zero-order chi connectivity index (χ0) is 13.1. The van der Waals surface area contributed by atoms with E-state index < -0.39 is 6.09 Å². The topological polar surface area (TPSA) is 41.6 Å². The molecule has 4 nitrogen and oxygen atoms in total. The number of anilines is 1. The Balaban J connectivity index is 1.97. The van der Waals surface area contributed by atoms with Crippen molar-refractivity contribution < 1.29 is 9.53 Å². The standard InChI is InChI=1S/C15H12N2O2/c18-15-16-17(13-9-5-2-6-10-13)11-14(19-15)12-7-3-1-4-8-12/h1-11H,(H,16,18). The van der Waals surface area contributed by atoms with Gasteiger partial charge in [-0.15, -0.1) is 0 Å². The van der Waals surface area contributed by atoms with Crippen LogP contribution in [0.2, 0.25) is 0 Å². The molecule has 1 amide bonds. The largest absolute Gasteiger partial charge is 0.431 e. The van der Waals surface area contributed by atoms with Crippen molar-refractivity contribution in [2.24, 2.45) is 0 Å². The van der Waals surface area contributed by atoms with Gasteiger partial charge < -0.3 is 4.74 Å². The third-order valence-corrected chi connectivity index (χ3v) is 2.75. The number of hydrogen-bond acceptors (Lipinski definition) is 3. The Bertz CT molecular complexity index is 609. The second kappa shape index (κ2) is 4.86. The van der Waals surface area contributed by atoms with Crippen molar-refractivity contribution in [3.8, 4) is 0 Å². The second-order valence-corrected chi connectivity index (χ2v) is 4.07. The minimum atomic E-state index is -0.495. The summed E-state index contributed by atoms with van der Waals surface area (Å²) in [6.45, 7) is 0. The molecule has 1 aliphatic rings. The summed E-state index contributed by atoms with van der Waals surface area (Å²) >= 11 is 0. The molecule has 1 heterocycles. The highest BCUT2D eigenvalue weighted by atomic mass is 16.6. The van der Waals surface area contributed by atoms with E-state index in [4.69, 9.17) is 4.74 Å². The van der Waals surface area contributed by atoms with E-state index in [1.54, 1.807) is 11.2 Å². The van der Waals surface area contributed by atoms with Gasteiger partial charge in [0.15, 0.2) is 5.76 Å². The zero-order valence-corrected chi connectivity index (χ0v) is 10.1. The summed E-state index contributed by atoms with van der Waals surface area (Å²) in [4.78, 5) is 11.6. The van der Waals surface area contributed by atoms with E-state index in [-0.39, 0.29) is 0 Å². The summed E-state index contributed by atoms with van der Waals surface area (Å²) < 4.78 is 5.19. The van der Waals surface area contributed by atoms with Gasteiger partial charge in [-0.25, -0.2) is 10.2 Å². The van der Waals surface area contributed by atoms with Gasteiger partial charge in [-0.1, -0.05) is 48.5 Å². The van der Waals surface area contributed by atoms with E-state index in [0.29, 0.717) is 5.76 Å². The van der Waals surface area contributed by atoms with Gasteiger partial charge in [0, 0.05) is 5.56 Å². The monoisotopic (exact) mass is 252 g/mol. The van der Waals surface area contributed by atoms with E-state index in [0.717, 1.165) is 11.3 Å². The summed E-state index contributed by atoms with van der Waals surface area (Å²) in [6.07, 6.45) is 1.26. The number of rotatable bonds is 2. The van der Waals surface area contributed by atoms with Gasteiger partial charge in [-0.3, -0.25) is 5.01 Å². The number of nitrogens with one attached hydrogen (secondary N) is 1. The molecular weight excluding hydrogens is 240 g/mol. The number of benzene rings is 2. The molecule has 0 fully saturated rings. The summed E-state index contributed by atoms with van der Waals surface area (Å²) in [7, 11) is 0. The van der Waals surface area contributed by atoms with E-state index >= 15 is 0 Å². The molecule has 0 saturated carbocycles. The SMILES string of the molecule is O=C1NN(c2ccccc2)C=C(c2ccccc2)O1. The highest BCUT2D eigenvalue weighted by molar-refractivity contribution is 5.82. The van der Waals surface area contributed by atoms with Crippen LogP contribution in [0.3, 0.4) is 0 Å². The fourth-order valence-corrected chi connectivity index (χ4v) is 1.86. The summed E-state index contributed by atoms with van der Waals surface area (Å²) in [6, 6.07) is 19.1. The van der Waals surface area contributed by atoms with E-state index in [1.165, 1.54) is 0 Å². The Labute approximate surface area is 110 Å². The third-order valence-electron chi connectivity index (χ3n) is 2.75. The molecule has 0 spiro atoms. The number of carbonyl (C=O) groups excluding carboxylic acids is 1. The molecule has 1 N–H and O–H groups in total. The first-order valence-corrected chi connectivity index (χ1v) is 5.93. The van der Waals surface area contributed by atoms with Crippen molar-refractivity contribution in [2.45, 2.75) is 0 Å². The zero-order valence-electron chi connectivity index (χ0n) is 10.1. The fourth-order valence-electron chi connectivity index (χ4n) is 1.86. The number of amides is 1. The predicted molar refractivity (Wildman–Crippen MR) is 73.0 cm³/mol. The number of carbonyl (C=O) groups is 1. The number of hydrazine groups is 1. The van der Waals surface area contributed by atoms with Crippen LogP contribution in [0.1, 0.15) is 5.56 Å². The summed E-state index contributed by atoms with van der Waals surface area (Å²) in [5, 5.41) is 1.65. The highest BCUT2D eigenvalue weighted by Gasteiger charge is 2.19. The number of cyclic esters (lactones) is 1. The first-order valence-electron chi connectivity index (χ1n) is 5.93. The van der Waals surface area contributed by atoms with E-state index in [1.807, 2.05) is 60.7 Å². The van der Waals surface area contributed by atoms with E-state index in [9.17, 15) is 4.79 Å². The Morgan fingerprint density at radius 1 is 0.895 bits per heavy atom. The molecule has 94 valence electrons. The van der Waals surface area contributed by atoms with Gasteiger partial charge >= 0.3 is 6.09 Å². The molecule has 0 aromatic heterocycles. The quantitative estimate of drug-likeness (QED) is 0.892. The molecule has 2 aromatic carbocycles. The molecule has 4 heteroatoms. The van der Waals surface area contributed by atoms with Gasteiger partial charge in [-0.05, 0) is 12.1 Å². The lowest BCUT2D eigenvalue weighted by Gasteiger charge is -2.26. The lowest BCUT2D eigenvalue weighted by molar-refractivity contribution is 0.188. The molecule has 1 aliphatic heterocycles. The molecule has 0 radical (unpaired) electrons. The lowest BCUT2D eigenvalue weighted by Crippen LogP contribution is -2.42. The van der Waals surface area contributed by atoms with Crippen LogP contribution in [0.4, 0.5) is 10.5 Å². The lowest BCUT2D eigenvalue weighted by atomic mass is 10.2. The van der Waals surface area contributed by atoms with Crippen molar-refractivity contribution in [1.29, 1.82) is 0 Å². The Hall–Kier alpha value is -2.75. The van der Waals surface area contributed by atoms with Crippen LogP contribution in [0, 0.1) is 0 Å². The average Bonchev–Trinajstić information content (AvgIpc) is 2.48. The first-order chi connectivity index (χ1) is 9.33. The molecule has 0 aliphatic carbocycles. The molecule has 0 unspecified atom stereocenters.